The summed E-state index contributed by atoms with van der Waals surface area (Å²) in [6, 6.07) is 1.53. The highest BCUT2D eigenvalue weighted by Crippen LogP contribution is 2.29. The van der Waals surface area contributed by atoms with Gasteiger partial charge in [0.2, 0.25) is 5.95 Å². The Morgan fingerprint density at radius 2 is 2.00 bits per heavy atom. The highest BCUT2D eigenvalue weighted by Gasteiger charge is 2.37. The van der Waals surface area contributed by atoms with Crippen molar-refractivity contribution in [1.82, 2.24) is 29.9 Å². The summed E-state index contributed by atoms with van der Waals surface area (Å²) in [6.07, 6.45) is 1.85. The number of aromatic amines is 1. The molecular weight excluding hydrogens is 435 g/mol. The van der Waals surface area contributed by atoms with Crippen LogP contribution in [0.1, 0.15) is 38.1 Å². The van der Waals surface area contributed by atoms with Crippen LogP contribution < -0.4 is 10.6 Å². The molecule has 4 heterocycles. The average Bonchev–Trinajstić information content (AvgIpc) is 3.34. The molecular formula is C22H24F3N7O. The van der Waals surface area contributed by atoms with Crippen LogP contribution in [0.25, 0.3) is 27.7 Å². The molecule has 0 radical (unpaired) electrons. The number of alkyl halides is 3. The van der Waals surface area contributed by atoms with E-state index in [2.05, 4.69) is 46.1 Å². The van der Waals surface area contributed by atoms with Crippen LogP contribution in [0, 0.1) is 5.41 Å². The molecule has 11 heteroatoms. The second kappa shape index (κ2) is 8.05. The van der Waals surface area contributed by atoms with Crippen molar-refractivity contribution in [3.05, 3.63) is 42.5 Å². The molecule has 1 amide bonds. The number of pyridine rings is 1. The molecule has 1 unspecified atom stereocenters. The van der Waals surface area contributed by atoms with Gasteiger partial charge >= 0.3 is 6.18 Å². The van der Waals surface area contributed by atoms with Crippen LogP contribution in [0.15, 0.2) is 36.9 Å². The van der Waals surface area contributed by atoms with Gasteiger partial charge in [-0.1, -0.05) is 20.8 Å². The SMILES string of the molecule is CC(NC(=O)c1cnn2ccc(-c3c[nH]c4nc(NCC(C)(C)C)ncc34)cc12)C(F)(F)F. The molecule has 0 aliphatic rings. The zero-order valence-electron chi connectivity index (χ0n) is 18.6. The molecule has 0 aliphatic carbocycles. The summed E-state index contributed by atoms with van der Waals surface area (Å²) in [4.78, 5) is 24.5. The number of nitrogens with zero attached hydrogens (tertiary/aromatic N) is 4. The molecule has 33 heavy (non-hydrogen) atoms. The van der Waals surface area contributed by atoms with Crippen LogP contribution in [-0.2, 0) is 0 Å². The van der Waals surface area contributed by atoms with E-state index in [0.29, 0.717) is 23.7 Å². The minimum Gasteiger partial charge on any atom is -0.354 e. The summed E-state index contributed by atoms with van der Waals surface area (Å²) in [5.74, 6) is -0.335. The number of halogens is 3. The monoisotopic (exact) mass is 459 g/mol. The molecule has 4 aromatic heterocycles. The summed E-state index contributed by atoms with van der Waals surface area (Å²) in [7, 11) is 0. The Hall–Kier alpha value is -3.63. The van der Waals surface area contributed by atoms with E-state index in [4.69, 9.17) is 0 Å². The molecule has 0 bridgehead atoms. The second-order valence-corrected chi connectivity index (χ2v) is 9.11. The fourth-order valence-corrected chi connectivity index (χ4v) is 3.25. The van der Waals surface area contributed by atoms with E-state index in [0.717, 1.165) is 23.4 Å². The van der Waals surface area contributed by atoms with Gasteiger partial charge in [0.05, 0.1) is 17.3 Å². The van der Waals surface area contributed by atoms with E-state index >= 15 is 0 Å². The van der Waals surface area contributed by atoms with Gasteiger partial charge in [0.15, 0.2) is 0 Å². The van der Waals surface area contributed by atoms with E-state index < -0.39 is 18.1 Å². The number of nitrogens with one attached hydrogen (secondary N) is 3. The molecule has 3 N–H and O–H groups in total. The Kier molecular flexibility index (Phi) is 5.51. The summed E-state index contributed by atoms with van der Waals surface area (Å²) >= 11 is 0. The zero-order chi connectivity index (χ0) is 24.0. The van der Waals surface area contributed by atoms with Gasteiger partial charge in [-0.3, -0.25) is 4.79 Å². The lowest BCUT2D eigenvalue weighted by Crippen LogP contribution is -2.43. The van der Waals surface area contributed by atoms with E-state index in [-0.39, 0.29) is 11.0 Å². The van der Waals surface area contributed by atoms with Crippen molar-refractivity contribution in [3.8, 4) is 11.1 Å². The van der Waals surface area contributed by atoms with Gasteiger partial charge in [-0.2, -0.15) is 23.3 Å². The number of carbonyl (C=O) groups is 1. The summed E-state index contributed by atoms with van der Waals surface area (Å²) in [6.45, 7) is 7.93. The molecule has 0 saturated carbocycles. The molecule has 174 valence electrons. The molecule has 1 atom stereocenters. The second-order valence-electron chi connectivity index (χ2n) is 9.11. The number of hydrogen-bond donors (Lipinski definition) is 3. The van der Waals surface area contributed by atoms with Gasteiger partial charge < -0.3 is 15.6 Å². The third-order valence-corrected chi connectivity index (χ3v) is 5.12. The lowest BCUT2D eigenvalue weighted by atomic mass is 9.97. The topological polar surface area (TPSA) is 100 Å². The molecule has 8 nitrogen and oxygen atoms in total. The van der Waals surface area contributed by atoms with Gasteiger partial charge in [-0.15, -0.1) is 0 Å². The third-order valence-electron chi connectivity index (χ3n) is 5.12. The van der Waals surface area contributed by atoms with Crippen LogP contribution in [0.4, 0.5) is 19.1 Å². The maximum Gasteiger partial charge on any atom is 0.408 e. The number of fused-ring (bicyclic) bond motifs is 2. The Labute approximate surface area is 187 Å². The number of hydrogen-bond acceptors (Lipinski definition) is 5. The fourth-order valence-electron chi connectivity index (χ4n) is 3.25. The lowest BCUT2D eigenvalue weighted by Gasteiger charge is -2.18. The first-order valence-electron chi connectivity index (χ1n) is 10.4. The van der Waals surface area contributed by atoms with Crippen LogP contribution in [0.5, 0.6) is 0 Å². The maximum atomic E-state index is 12.8. The van der Waals surface area contributed by atoms with Gasteiger partial charge in [0.1, 0.15) is 11.7 Å². The zero-order valence-corrected chi connectivity index (χ0v) is 18.6. The average molecular weight is 459 g/mol. The van der Waals surface area contributed by atoms with E-state index in [1.165, 1.54) is 10.7 Å². The predicted molar refractivity (Wildman–Crippen MR) is 119 cm³/mol. The van der Waals surface area contributed by atoms with Crippen molar-refractivity contribution < 1.29 is 18.0 Å². The highest BCUT2D eigenvalue weighted by atomic mass is 19.4. The van der Waals surface area contributed by atoms with Crippen LogP contribution in [0.2, 0.25) is 0 Å². The Bertz CT molecular complexity index is 1320. The minimum absolute atomic E-state index is 0.0534. The molecule has 4 rings (SSSR count). The largest absolute Gasteiger partial charge is 0.408 e. The van der Waals surface area contributed by atoms with Crippen LogP contribution in [0.3, 0.4) is 0 Å². The van der Waals surface area contributed by atoms with Gasteiger partial charge in [0.25, 0.3) is 5.91 Å². The molecule has 0 aromatic carbocycles. The van der Waals surface area contributed by atoms with E-state index in [9.17, 15) is 18.0 Å². The standard InChI is InChI=1S/C22H24F3N7O/c1-12(22(23,24)25)30-19(33)16-10-29-32-6-5-13(7-17(16)32)14-8-26-18-15(14)9-27-20(31-18)28-11-21(2,3)4/h5-10,12H,11H2,1-4H3,(H,30,33)(H2,26,27,28,31). The first kappa shape index (κ1) is 22.6. The predicted octanol–water partition coefficient (Wildman–Crippen LogP) is 4.41. The van der Waals surface area contributed by atoms with E-state index in [1.807, 2.05) is 5.32 Å². The number of amides is 1. The lowest BCUT2D eigenvalue weighted by molar-refractivity contribution is -0.149. The smallest absolute Gasteiger partial charge is 0.354 e. The van der Waals surface area contributed by atoms with Gasteiger partial charge in [-0.25, -0.2) is 9.50 Å². The summed E-state index contributed by atoms with van der Waals surface area (Å²) < 4.78 is 40.0. The van der Waals surface area contributed by atoms with E-state index in [1.54, 1.807) is 30.7 Å². The fraction of sp³-hybridized carbons (Fsp3) is 0.364. The Morgan fingerprint density at radius 3 is 2.70 bits per heavy atom. The molecule has 0 spiro atoms. The molecule has 0 fully saturated rings. The van der Waals surface area contributed by atoms with Crippen molar-refractivity contribution in [2.24, 2.45) is 5.41 Å². The first-order chi connectivity index (χ1) is 15.4. The van der Waals surface area contributed by atoms with Crippen molar-refractivity contribution in [3.63, 3.8) is 0 Å². The number of rotatable bonds is 5. The summed E-state index contributed by atoms with van der Waals surface area (Å²) in [5.41, 5.74) is 2.69. The molecule has 0 aliphatic heterocycles. The number of carbonyl (C=O) groups excluding carboxylic acids is 1. The number of aromatic nitrogens is 5. The van der Waals surface area contributed by atoms with Crippen LogP contribution in [-0.4, -0.2) is 49.2 Å². The maximum absolute atomic E-state index is 12.8. The van der Waals surface area contributed by atoms with Crippen molar-refractivity contribution in [1.29, 1.82) is 0 Å². The summed E-state index contributed by atoms with van der Waals surface area (Å²) in [5, 5.41) is 10.0. The third kappa shape index (κ3) is 4.76. The quantitative estimate of drug-likeness (QED) is 0.411. The minimum atomic E-state index is -4.53. The van der Waals surface area contributed by atoms with Crippen molar-refractivity contribution in [2.75, 3.05) is 11.9 Å². The number of anilines is 1. The molecule has 4 aromatic rings. The normalized spacial score (nSPS) is 13.4. The van der Waals surface area contributed by atoms with Crippen LogP contribution >= 0.6 is 0 Å². The number of H-pyrrole nitrogens is 1. The Balaban J connectivity index is 1.65. The Morgan fingerprint density at radius 1 is 1.24 bits per heavy atom. The molecule has 0 saturated heterocycles. The first-order valence-corrected chi connectivity index (χ1v) is 10.4. The van der Waals surface area contributed by atoms with Gasteiger partial charge in [-0.05, 0) is 30.0 Å². The van der Waals surface area contributed by atoms with Crippen molar-refractivity contribution in [2.45, 2.75) is 39.9 Å². The van der Waals surface area contributed by atoms with Gasteiger partial charge in [0, 0.05) is 36.1 Å². The highest BCUT2D eigenvalue weighted by molar-refractivity contribution is 6.02. The van der Waals surface area contributed by atoms with Crippen molar-refractivity contribution >= 4 is 28.4 Å².